The Kier molecular flexibility index (Phi) is 4.55. The van der Waals surface area contributed by atoms with Gasteiger partial charge in [-0.2, -0.15) is 0 Å². The molecular weight excluding hydrogens is 298 g/mol. The molecule has 0 saturated heterocycles. The highest BCUT2D eigenvalue weighted by Gasteiger charge is 2.19. The summed E-state index contributed by atoms with van der Waals surface area (Å²) in [6, 6.07) is 12.3. The Balaban J connectivity index is 1.76. The molecule has 0 aliphatic carbocycles. The van der Waals surface area contributed by atoms with E-state index < -0.39 is 0 Å². The van der Waals surface area contributed by atoms with Gasteiger partial charge in [0.1, 0.15) is 0 Å². The van der Waals surface area contributed by atoms with Gasteiger partial charge >= 0.3 is 0 Å². The fraction of sp³-hybridized carbons (Fsp3) is 0.333. The van der Waals surface area contributed by atoms with Crippen molar-refractivity contribution in [2.45, 2.75) is 19.5 Å². The van der Waals surface area contributed by atoms with Crippen molar-refractivity contribution in [3.8, 4) is 11.5 Å². The van der Waals surface area contributed by atoms with Gasteiger partial charge in [-0.05, 0) is 47.4 Å². The number of hydrogen-bond acceptors (Lipinski definition) is 3. The van der Waals surface area contributed by atoms with Gasteiger partial charge in [0.25, 0.3) is 0 Å². The molecule has 2 aromatic rings. The Labute approximate surface area is 136 Å². The predicted octanol–water partition coefficient (Wildman–Crippen LogP) is 3.92. The molecule has 1 aliphatic heterocycles. The van der Waals surface area contributed by atoms with E-state index in [1.54, 1.807) is 14.2 Å². The van der Waals surface area contributed by atoms with Crippen LogP contribution in [0.2, 0.25) is 5.02 Å². The molecule has 116 valence electrons. The molecule has 0 bridgehead atoms. The van der Waals surface area contributed by atoms with Gasteiger partial charge in [-0.3, -0.25) is 4.90 Å². The minimum Gasteiger partial charge on any atom is -0.493 e. The average Bonchev–Trinajstić information content (AvgIpc) is 2.55. The van der Waals surface area contributed by atoms with Crippen LogP contribution in [0.15, 0.2) is 36.4 Å². The minimum atomic E-state index is 0.782. The van der Waals surface area contributed by atoms with E-state index >= 15 is 0 Å². The summed E-state index contributed by atoms with van der Waals surface area (Å²) in [6.07, 6.45) is 1.03. The number of methoxy groups -OCH3 is 2. The lowest BCUT2D eigenvalue weighted by molar-refractivity contribution is 0.244. The summed E-state index contributed by atoms with van der Waals surface area (Å²) in [5, 5.41) is 0.782. The fourth-order valence-electron chi connectivity index (χ4n) is 2.92. The van der Waals surface area contributed by atoms with E-state index in [0.717, 1.165) is 42.6 Å². The highest BCUT2D eigenvalue weighted by Crippen LogP contribution is 2.33. The van der Waals surface area contributed by atoms with Crippen molar-refractivity contribution in [2.24, 2.45) is 0 Å². The first-order valence-corrected chi connectivity index (χ1v) is 7.78. The second-order valence-corrected chi connectivity index (χ2v) is 6.00. The Morgan fingerprint density at radius 1 is 1.00 bits per heavy atom. The van der Waals surface area contributed by atoms with Crippen molar-refractivity contribution in [3.05, 3.63) is 58.1 Å². The molecule has 0 radical (unpaired) electrons. The third-order valence-electron chi connectivity index (χ3n) is 4.12. The molecule has 2 aromatic carbocycles. The third kappa shape index (κ3) is 3.21. The van der Waals surface area contributed by atoms with Gasteiger partial charge in [0, 0.05) is 24.7 Å². The lowest BCUT2D eigenvalue weighted by Gasteiger charge is -2.29. The summed E-state index contributed by atoms with van der Waals surface area (Å²) in [7, 11) is 3.36. The highest BCUT2D eigenvalue weighted by atomic mass is 35.5. The summed E-state index contributed by atoms with van der Waals surface area (Å²) in [5.41, 5.74) is 3.95. The quantitative estimate of drug-likeness (QED) is 0.853. The first-order valence-electron chi connectivity index (χ1n) is 7.40. The normalized spacial score (nSPS) is 14.5. The number of rotatable bonds is 4. The number of halogens is 1. The van der Waals surface area contributed by atoms with Crippen LogP contribution in [-0.4, -0.2) is 25.7 Å². The molecule has 4 heteroatoms. The lowest BCUT2D eigenvalue weighted by atomic mass is 9.98. The van der Waals surface area contributed by atoms with Gasteiger partial charge < -0.3 is 9.47 Å². The van der Waals surface area contributed by atoms with E-state index in [2.05, 4.69) is 29.2 Å². The largest absolute Gasteiger partial charge is 0.493 e. The molecule has 0 atom stereocenters. The molecule has 3 nitrogen and oxygen atoms in total. The standard InChI is InChI=1S/C18H20ClNO2/c1-21-17-9-14-7-8-20(12-15(14)10-18(17)22-2)11-13-3-5-16(19)6-4-13/h3-6,9-10H,7-8,11-12H2,1-2H3. The van der Waals surface area contributed by atoms with Crippen LogP contribution >= 0.6 is 11.6 Å². The maximum absolute atomic E-state index is 5.94. The molecule has 22 heavy (non-hydrogen) atoms. The van der Waals surface area contributed by atoms with Gasteiger partial charge in [0.15, 0.2) is 11.5 Å². The van der Waals surface area contributed by atoms with Crippen LogP contribution in [-0.2, 0) is 19.5 Å². The van der Waals surface area contributed by atoms with Gasteiger partial charge in [-0.1, -0.05) is 23.7 Å². The Morgan fingerprint density at radius 3 is 2.27 bits per heavy atom. The zero-order chi connectivity index (χ0) is 15.5. The van der Waals surface area contributed by atoms with Crippen LogP contribution in [0.4, 0.5) is 0 Å². The first kappa shape index (κ1) is 15.2. The maximum Gasteiger partial charge on any atom is 0.161 e. The Hall–Kier alpha value is -1.71. The van der Waals surface area contributed by atoms with E-state index in [9.17, 15) is 0 Å². The van der Waals surface area contributed by atoms with Crippen molar-refractivity contribution >= 4 is 11.6 Å². The van der Waals surface area contributed by atoms with E-state index in [0.29, 0.717) is 0 Å². The van der Waals surface area contributed by atoms with Crippen molar-refractivity contribution in [2.75, 3.05) is 20.8 Å². The molecule has 1 aliphatic rings. The van der Waals surface area contributed by atoms with Crippen LogP contribution in [0.5, 0.6) is 11.5 Å². The van der Waals surface area contributed by atoms with Crippen LogP contribution in [0, 0.1) is 0 Å². The van der Waals surface area contributed by atoms with Crippen molar-refractivity contribution in [3.63, 3.8) is 0 Å². The minimum absolute atomic E-state index is 0.782. The zero-order valence-corrected chi connectivity index (χ0v) is 13.7. The van der Waals surface area contributed by atoms with Crippen molar-refractivity contribution < 1.29 is 9.47 Å². The molecule has 1 heterocycles. The first-order chi connectivity index (χ1) is 10.7. The van der Waals surface area contributed by atoms with E-state index in [-0.39, 0.29) is 0 Å². The van der Waals surface area contributed by atoms with Crippen LogP contribution in [0.1, 0.15) is 16.7 Å². The molecular formula is C18H20ClNO2. The highest BCUT2D eigenvalue weighted by molar-refractivity contribution is 6.30. The third-order valence-corrected chi connectivity index (χ3v) is 4.37. The molecule has 0 unspecified atom stereocenters. The monoisotopic (exact) mass is 317 g/mol. The SMILES string of the molecule is COc1cc2c(cc1OC)CN(Cc1ccc(Cl)cc1)CC2. The van der Waals surface area contributed by atoms with Crippen LogP contribution < -0.4 is 9.47 Å². The average molecular weight is 318 g/mol. The number of nitrogens with zero attached hydrogens (tertiary/aromatic N) is 1. The molecule has 0 N–H and O–H groups in total. The Morgan fingerprint density at radius 2 is 1.64 bits per heavy atom. The predicted molar refractivity (Wildman–Crippen MR) is 88.8 cm³/mol. The van der Waals surface area contributed by atoms with Gasteiger partial charge in [0.05, 0.1) is 14.2 Å². The van der Waals surface area contributed by atoms with E-state index in [1.165, 1.54) is 16.7 Å². The van der Waals surface area contributed by atoms with Gasteiger partial charge in [0.2, 0.25) is 0 Å². The molecule has 3 rings (SSSR count). The summed E-state index contributed by atoms with van der Waals surface area (Å²) < 4.78 is 10.8. The molecule has 0 fully saturated rings. The zero-order valence-electron chi connectivity index (χ0n) is 12.9. The van der Waals surface area contributed by atoms with E-state index in [4.69, 9.17) is 21.1 Å². The van der Waals surface area contributed by atoms with Gasteiger partial charge in [-0.15, -0.1) is 0 Å². The Bertz CT molecular complexity index is 655. The van der Waals surface area contributed by atoms with Crippen molar-refractivity contribution in [1.29, 1.82) is 0 Å². The van der Waals surface area contributed by atoms with Crippen LogP contribution in [0.3, 0.4) is 0 Å². The lowest BCUT2D eigenvalue weighted by Crippen LogP contribution is -2.30. The smallest absolute Gasteiger partial charge is 0.161 e. The number of fused-ring (bicyclic) bond motifs is 1. The fourth-order valence-corrected chi connectivity index (χ4v) is 3.05. The van der Waals surface area contributed by atoms with E-state index in [1.807, 2.05) is 12.1 Å². The summed E-state index contributed by atoms with van der Waals surface area (Å²) in [4.78, 5) is 2.44. The second-order valence-electron chi connectivity index (χ2n) is 5.56. The number of ether oxygens (including phenoxy) is 2. The van der Waals surface area contributed by atoms with Crippen LogP contribution in [0.25, 0.3) is 0 Å². The summed E-state index contributed by atoms with van der Waals surface area (Å²) in [5.74, 6) is 1.61. The molecule has 0 saturated carbocycles. The van der Waals surface area contributed by atoms with Gasteiger partial charge in [-0.25, -0.2) is 0 Å². The summed E-state index contributed by atoms with van der Waals surface area (Å²) in [6.45, 7) is 2.91. The maximum atomic E-state index is 5.94. The molecule has 0 amide bonds. The second kappa shape index (κ2) is 6.59. The summed E-state index contributed by atoms with van der Waals surface area (Å²) >= 11 is 5.94. The number of hydrogen-bond donors (Lipinski definition) is 0. The number of benzene rings is 2. The molecule has 0 spiro atoms. The molecule has 0 aromatic heterocycles. The topological polar surface area (TPSA) is 21.7 Å². The van der Waals surface area contributed by atoms with Crippen molar-refractivity contribution in [1.82, 2.24) is 4.90 Å².